The molecule has 0 fully saturated rings. The average molecular weight is 452 g/mol. The molecule has 3 aromatic carbocycles. The van der Waals surface area contributed by atoms with E-state index in [1.54, 1.807) is 60.7 Å². The van der Waals surface area contributed by atoms with Gasteiger partial charge in [-0.25, -0.2) is 9.78 Å². The molecule has 1 aromatic heterocycles. The number of terminal acetylenes is 1. The molecule has 4 aromatic rings. The number of rotatable bonds is 3. The summed E-state index contributed by atoms with van der Waals surface area (Å²) in [6.45, 7) is 1.82. The molecule has 0 bridgehead atoms. The van der Waals surface area contributed by atoms with E-state index in [-0.39, 0.29) is 11.9 Å². The van der Waals surface area contributed by atoms with Gasteiger partial charge in [0.1, 0.15) is 0 Å². The molecule has 1 aliphatic heterocycles. The number of aliphatic hydroxyl groups is 1. The van der Waals surface area contributed by atoms with Gasteiger partial charge in [0.2, 0.25) is 5.95 Å². The van der Waals surface area contributed by atoms with E-state index in [0.717, 1.165) is 0 Å². The zero-order valence-electron chi connectivity index (χ0n) is 18.4. The third-order valence-electron chi connectivity index (χ3n) is 6.05. The predicted molar refractivity (Wildman–Crippen MR) is 127 cm³/mol. The Hall–Kier alpha value is -4.61. The Kier molecular flexibility index (Phi) is 4.85. The lowest BCUT2D eigenvalue weighted by Gasteiger charge is -2.36. The van der Waals surface area contributed by atoms with Gasteiger partial charge < -0.3 is 14.8 Å². The van der Waals surface area contributed by atoms with E-state index in [1.807, 2.05) is 6.92 Å². The number of hydrogen-bond donors (Lipinski definition) is 3. The maximum Gasteiger partial charge on any atom is 0.413 e. The standard InChI is InChI=1S/C26H20N4O4/c1-4-16-8-7-11-22(15(16)2)30-23(31)18-9-5-6-10-19(18)26(30,33)17-12-13-20-21(14-17)28-24(27-20)29-25(32)34-3/h1,5-14,33H,2-3H3,(H2,27,28,29,32). The Labute approximate surface area is 195 Å². The molecule has 0 spiro atoms. The number of H-pyrrole nitrogens is 1. The number of methoxy groups -OCH3 is 1. The Balaban J connectivity index is 1.71. The quantitative estimate of drug-likeness (QED) is 0.409. The minimum absolute atomic E-state index is 0.198. The number of imidazole rings is 1. The molecule has 1 atom stereocenters. The first-order valence-corrected chi connectivity index (χ1v) is 10.5. The van der Waals surface area contributed by atoms with Crippen molar-refractivity contribution >= 4 is 34.7 Å². The van der Waals surface area contributed by atoms with Crippen molar-refractivity contribution in [1.82, 2.24) is 9.97 Å². The van der Waals surface area contributed by atoms with Gasteiger partial charge in [-0.15, -0.1) is 6.42 Å². The first-order chi connectivity index (χ1) is 16.4. The number of hydrogen-bond acceptors (Lipinski definition) is 5. The van der Waals surface area contributed by atoms with Crippen LogP contribution in [-0.4, -0.2) is 34.2 Å². The van der Waals surface area contributed by atoms with Gasteiger partial charge in [0, 0.05) is 22.3 Å². The van der Waals surface area contributed by atoms with E-state index in [0.29, 0.717) is 44.5 Å². The molecular formula is C26H20N4O4. The number of amides is 2. The van der Waals surface area contributed by atoms with Crippen LogP contribution in [0.4, 0.5) is 16.4 Å². The van der Waals surface area contributed by atoms with Crippen molar-refractivity contribution in [3.63, 3.8) is 0 Å². The average Bonchev–Trinajstić information content (AvgIpc) is 3.35. The highest BCUT2D eigenvalue weighted by Crippen LogP contribution is 2.46. The lowest BCUT2D eigenvalue weighted by molar-refractivity contribution is 0.0703. The zero-order valence-corrected chi connectivity index (χ0v) is 18.4. The normalized spacial score (nSPS) is 16.9. The highest BCUT2D eigenvalue weighted by molar-refractivity contribution is 6.13. The number of carbonyl (C=O) groups is 2. The third-order valence-corrected chi connectivity index (χ3v) is 6.05. The van der Waals surface area contributed by atoms with Gasteiger partial charge in [0.25, 0.3) is 5.91 Å². The van der Waals surface area contributed by atoms with E-state index in [9.17, 15) is 14.7 Å². The molecule has 168 valence electrons. The molecule has 1 unspecified atom stereocenters. The molecule has 2 amide bonds. The van der Waals surface area contributed by atoms with E-state index in [1.165, 1.54) is 12.0 Å². The molecule has 8 nitrogen and oxygen atoms in total. The van der Waals surface area contributed by atoms with Gasteiger partial charge in [0.05, 0.1) is 23.8 Å². The summed E-state index contributed by atoms with van der Waals surface area (Å²) < 4.78 is 4.61. The monoisotopic (exact) mass is 452 g/mol. The van der Waals surface area contributed by atoms with Crippen LogP contribution in [0.1, 0.15) is 32.6 Å². The number of aromatic nitrogens is 2. The van der Waals surface area contributed by atoms with Crippen LogP contribution < -0.4 is 10.2 Å². The third kappa shape index (κ3) is 3.03. The number of ether oxygens (including phenoxy) is 1. The zero-order chi connectivity index (χ0) is 24.0. The highest BCUT2D eigenvalue weighted by atomic mass is 16.5. The van der Waals surface area contributed by atoms with Crippen LogP contribution in [0.5, 0.6) is 0 Å². The van der Waals surface area contributed by atoms with Crippen molar-refractivity contribution in [1.29, 1.82) is 0 Å². The SMILES string of the molecule is C#Cc1cccc(N2C(=O)c3ccccc3C2(O)c2ccc3nc(NC(=O)OC)[nH]c3c2)c1C. The second kappa shape index (κ2) is 7.76. The predicted octanol–water partition coefficient (Wildman–Crippen LogP) is 3.88. The van der Waals surface area contributed by atoms with E-state index >= 15 is 0 Å². The maximum atomic E-state index is 13.6. The number of aromatic amines is 1. The maximum absolute atomic E-state index is 13.6. The first kappa shape index (κ1) is 21.2. The summed E-state index contributed by atoms with van der Waals surface area (Å²) in [4.78, 5) is 33.8. The van der Waals surface area contributed by atoms with Crippen LogP contribution in [0.15, 0.2) is 60.7 Å². The molecule has 34 heavy (non-hydrogen) atoms. The van der Waals surface area contributed by atoms with E-state index in [2.05, 4.69) is 25.9 Å². The number of carbonyl (C=O) groups excluding carboxylic acids is 2. The molecule has 1 aliphatic rings. The number of fused-ring (bicyclic) bond motifs is 2. The van der Waals surface area contributed by atoms with Gasteiger partial charge in [0.15, 0.2) is 5.72 Å². The molecule has 5 rings (SSSR count). The summed E-state index contributed by atoms with van der Waals surface area (Å²) in [7, 11) is 1.26. The Morgan fingerprint density at radius 3 is 2.76 bits per heavy atom. The van der Waals surface area contributed by atoms with Crippen LogP contribution in [0.2, 0.25) is 0 Å². The molecule has 0 radical (unpaired) electrons. The molecule has 0 aliphatic carbocycles. The number of benzene rings is 3. The summed E-state index contributed by atoms with van der Waals surface area (Å²) >= 11 is 0. The van der Waals surface area contributed by atoms with E-state index in [4.69, 9.17) is 6.42 Å². The number of nitrogens with one attached hydrogen (secondary N) is 2. The van der Waals surface area contributed by atoms with Crippen molar-refractivity contribution in [2.24, 2.45) is 0 Å². The fraction of sp³-hybridized carbons (Fsp3) is 0.115. The van der Waals surface area contributed by atoms with Gasteiger partial charge in [-0.3, -0.25) is 15.0 Å². The van der Waals surface area contributed by atoms with Crippen molar-refractivity contribution < 1.29 is 19.4 Å². The number of nitrogens with zero attached hydrogens (tertiary/aromatic N) is 2. The van der Waals surface area contributed by atoms with E-state index < -0.39 is 11.8 Å². The van der Waals surface area contributed by atoms with Crippen LogP contribution in [0.3, 0.4) is 0 Å². The molecule has 3 N–H and O–H groups in total. The van der Waals surface area contributed by atoms with Gasteiger partial charge >= 0.3 is 6.09 Å². The summed E-state index contributed by atoms with van der Waals surface area (Å²) in [6.07, 6.45) is 5.00. The summed E-state index contributed by atoms with van der Waals surface area (Å²) in [6, 6.07) is 17.4. The van der Waals surface area contributed by atoms with Gasteiger partial charge in [-0.1, -0.05) is 36.3 Å². The smallest absolute Gasteiger partial charge is 0.413 e. The lowest BCUT2D eigenvalue weighted by atomic mass is 9.92. The number of anilines is 2. The fourth-order valence-electron chi connectivity index (χ4n) is 4.39. The van der Waals surface area contributed by atoms with Crippen molar-refractivity contribution in [3.8, 4) is 12.3 Å². The second-order valence-corrected chi connectivity index (χ2v) is 7.89. The summed E-state index contributed by atoms with van der Waals surface area (Å²) in [5.41, 5.74) is 2.46. The van der Waals surface area contributed by atoms with Gasteiger partial charge in [-0.2, -0.15) is 0 Å². The molecule has 2 heterocycles. The highest BCUT2D eigenvalue weighted by Gasteiger charge is 2.51. The minimum atomic E-state index is -1.80. The van der Waals surface area contributed by atoms with Crippen molar-refractivity contribution in [3.05, 3.63) is 88.5 Å². The van der Waals surface area contributed by atoms with Crippen molar-refractivity contribution in [2.45, 2.75) is 12.6 Å². The molecule has 8 heteroatoms. The first-order valence-electron chi connectivity index (χ1n) is 10.5. The molecular weight excluding hydrogens is 432 g/mol. The van der Waals surface area contributed by atoms with Crippen LogP contribution >= 0.6 is 0 Å². The van der Waals surface area contributed by atoms with Crippen LogP contribution in [-0.2, 0) is 10.5 Å². The summed E-state index contributed by atoms with van der Waals surface area (Å²) in [5, 5.41) is 14.7. The largest absolute Gasteiger partial charge is 0.453 e. The Morgan fingerprint density at radius 1 is 1.21 bits per heavy atom. The lowest BCUT2D eigenvalue weighted by Crippen LogP contribution is -2.45. The topological polar surface area (TPSA) is 108 Å². The minimum Gasteiger partial charge on any atom is -0.453 e. The Bertz CT molecular complexity index is 1520. The van der Waals surface area contributed by atoms with Crippen LogP contribution in [0.25, 0.3) is 11.0 Å². The van der Waals surface area contributed by atoms with Gasteiger partial charge in [-0.05, 0) is 42.8 Å². The second-order valence-electron chi connectivity index (χ2n) is 7.89. The Morgan fingerprint density at radius 2 is 2.00 bits per heavy atom. The fourth-order valence-corrected chi connectivity index (χ4v) is 4.39. The molecule has 0 saturated carbocycles. The van der Waals surface area contributed by atoms with Crippen molar-refractivity contribution in [2.75, 3.05) is 17.3 Å². The molecule has 0 saturated heterocycles. The summed E-state index contributed by atoms with van der Waals surface area (Å²) in [5.74, 6) is 2.49. The van der Waals surface area contributed by atoms with Crippen LogP contribution in [0, 0.1) is 19.3 Å².